The van der Waals surface area contributed by atoms with E-state index in [4.69, 9.17) is 0 Å². The molecule has 1 unspecified atom stereocenters. The van der Waals surface area contributed by atoms with E-state index in [0.29, 0.717) is 18.0 Å². The number of amides is 1. The number of carbonyl (C=O) groups is 1. The molecule has 1 aliphatic rings. The molecule has 1 aromatic carbocycles. The number of benzene rings is 1. The van der Waals surface area contributed by atoms with E-state index in [0.717, 1.165) is 6.42 Å². The smallest absolute Gasteiger partial charge is 0.252 e. The number of allylic oxidation sites excluding steroid dienone is 1. The molecular formula is C17H17N3O. The molecule has 3 rings (SSSR count). The van der Waals surface area contributed by atoms with Crippen LogP contribution >= 0.6 is 0 Å². The van der Waals surface area contributed by atoms with E-state index in [1.54, 1.807) is 6.07 Å². The first-order valence-corrected chi connectivity index (χ1v) is 7.05. The molecule has 1 heterocycles. The Hall–Kier alpha value is -2.49. The van der Waals surface area contributed by atoms with Crippen molar-refractivity contribution in [2.24, 2.45) is 5.92 Å². The number of hydrogen-bond acceptors (Lipinski definition) is 3. The second-order valence-corrected chi connectivity index (χ2v) is 5.27. The molecule has 1 aliphatic carbocycles. The first kappa shape index (κ1) is 13.5. The predicted octanol–water partition coefficient (Wildman–Crippen LogP) is 2.70. The largest absolute Gasteiger partial charge is 0.351 e. The lowest BCUT2D eigenvalue weighted by atomic mass is 9.75. The maximum atomic E-state index is 12.0. The third-order valence-corrected chi connectivity index (χ3v) is 4.02. The fourth-order valence-electron chi connectivity index (χ4n) is 2.63. The highest BCUT2D eigenvalue weighted by Crippen LogP contribution is 2.40. The van der Waals surface area contributed by atoms with E-state index in [2.05, 4.69) is 46.7 Å². The lowest BCUT2D eigenvalue weighted by molar-refractivity contribution is 0.0948. The number of carbonyl (C=O) groups excluding carboxylic acids is 1. The number of rotatable bonds is 4. The highest BCUT2D eigenvalue weighted by Gasteiger charge is 2.27. The van der Waals surface area contributed by atoms with E-state index >= 15 is 0 Å². The monoisotopic (exact) mass is 279 g/mol. The Morgan fingerprint density at radius 2 is 2.05 bits per heavy atom. The zero-order valence-electron chi connectivity index (χ0n) is 11.9. The highest BCUT2D eigenvalue weighted by molar-refractivity contribution is 5.93. The highest BCUT2D eigenvalue weighted by atomic mass is 16.1. The molecule has 0 saturated carbocycles. The minimum atomic E-state index is -0.0918. The third-order valence-electron chi connectivity index (χ3n) is 4.02. The predicted molar refractivity (Wildman–Crippen MR) is 81.5 cm³/mol. The van der Waals surface area contributed by atoms with Crippen molar-refractivity contribution in [3.05, 3.63) is 65.5 Å². The van der Waals surface area contributed by atoms with Gasteiger partial charge >= 0.3 is 0 Å². The SMILES string of the molecule is CC1=C(c2ccccc2)CC1CNC(=O)c1ccnnc1. The average Bonchev–Trinajstić information content (AvgIpc) is 2.55. The topological polar surface area (TPSA) is 54.9 Å². The number of hydrogen-bond donors (Lipinski definition) is 1. The summed E-state index contributed by atoms with van der Waals surface area (Å²) >= 11 is 0. The summed E-state index contributed by atoms with van der Waals surface area (Å²) in [6.07, 6.45) is 4.02. The van der Waals surface area contributed by atoms with Crippen LogP contribution in [0.4, 0.5) is 0 Å². The molecule has 0 bridgehead atoms. The van der Waals surface area contributed by atoms with Crippen molar-refractivity contribution in [1.29, 1.82) is 0 Å². The van der Waals surface area contributed by atoms with Crippen molar-refractivity contribution >= 4 is 11.5 Å². The number of nitrogens with one attached hydrogen (secondary N) is 1. The third kappa shape index (κ3) is 2.84. The summed E-state index contributed by atoms with van der Waals surface area (Å²) in [4.78, 5) is 12.0. The van der Waals surface area contributed by atoms with Gasteiger partial charge in [0.25, 0.3) is 5.91 Å². The molecule has 21 heavy (non-hydrogen) atoms. The van der Waals surface area contributed by atoms with Crippen LogP contribution in [0.25, 0.3) is 5.57 Å². The van der Waals surface area contributed by atoms with Crippen LogP contribution in [0.5, 0.6) is 0 Å². The zero-order valence-corrected chi connectivity index (χ0v) is 11.9. The molecule has 0 spiro atoms. The Labute approximate surface area is 123 Å². The van der Waals surface area contributed by atoms with Gasteiger partial charge < -0.3 is 5.32 Å². The fraction of sp³-hybridized carbons (Fsp3) is 0.235. The van der Waals surface area contributed by atoms with Gasteiger partial charge in [-0.25, -0.2) is 0 Å². The van der Waals surface area contributed by atoms with Crippen molar-refractivity contribution in [3.8, 4) is 0 Å². The van der Waals surface area contributed by atoms with Crippen LogP contribution in [0.15, 0.2) is 54.4 Å². The molecule has 1 N–H and O–H groups in total. The summed E-state index contributed by atoms with van der Waals surface area (Å²) in [6.45, 7) is 2.82. The molecule has 1 aromatic heterocycles. The summed E-state index contributed by atoms with van der Waals surface area (Å²) < 4.78 is 0. The van der Waals surface area contributed by atoms with Crippen LogP contribution in [0.2, 0.25) is 0 Å². The molecule has 4 heteroatoms. The first-order valence-electron chi connectivity index (χ1n) is 7.05. The quantitative estimate of drug-likeness (QED) is 0.936. The van der Waals surface area contributed by atoms with Crippen LogP contribution in [0.3, 0.4) is 0 Å². The minimum Gasteiger partial charge on any atom is -0.351 e. The Bertz CT molecular complexity index is 665. The summed E-state index contributed by atoms with van der Waals surface area (Å²) in [5, 5.41) is 10.3. The lowest BCUT2D eigenvalue weighted by Gasteiger charge is -2.32. The summed E-state index contributed by atoms with van der Waals surface area (Å²) in [7, 11) is 0. The van der Waals surface area contributed by atoms with Gasteiger partial charge in [-0.3, -0.25) is 4.79 Å². The Morgan fingerprint density at radius 1 is 1.24 bits per heavy atom. The lowest BCUT2D eigenvalue weighted by Crippen LogP contribution is -2.33. The molecule has 4 nitrogen and oxygen atoms in total. The molecule has 1 atom stereocenters. The molecule has 0 radical (unpaired) electrons. The van der Waals surface area contributed by atoms with E-state index in [-0.39, 0.29) is 5.91 Å². The Morgan fingerprint density at radius 3 is 2.71 bits per heavy atom. The van der Waals surface area contributed by atoms with Crippen molar-refractivity contribution < 1.29 is 4.79 Å². The Balaban J connectivity index is 1.59. The van der Waals surface area contributed by atoms with Gasteiger partial charge in [-0.15, -0.1) is 0 Å². The molecular weight excluding hydrogens is 262 g/mol. The van der Waals surface area contributed by atoms with Gasteiger partial charge in [0.1, 0.15) is 0 Å². The van der Waals surface area contributed by atoms with E-state index in [1.165, 1.54) is 29.1 Å². The molecule has 0 fully saturated rings. The van der Waals surface area contributed by atoms with Crippen LogP contribution in [0, 0.1) is 5.92 Å². The molecule has 0 saturated heterocycles. The summed E-state index contributed by atoms with van der Waals surface area (Å²) in [5.74, 6) is 0.338. The number of nitrogens with zero attached hydrogens (tertiary/aromatic N) is 2. The molecule has 1 amide bonds. The first-order chi connectivity index (χ1) is 10.3. The van der Waals surface area contributed by atoms with Crippen molar-refractivity contribution in [2.45, 2.75) is 13.3 Å². The second-order valence-electron chi connectivity index (χ2n) is 5.27. The average molecular weight is 279 g/mol. The van der Waals surface area contributed by atoms with Gasteiger partial charge in [0.2, 0.25) is 0 Å². The minimum absolute atomic E-state index is 0.0918. The maximum absolute atomic E-state index is 12.0. The second kappa shape index (κ2) is 5.87. The summed E-state index contributed by atoms with van der Waals surface area (Å²) in [6, 6.07) is 12.1. The van der Waals surface area contributed by atoms with Gasteiger partial charge in [-0.2, -0.15) is 10.2 Å². The standard InChI is InChI=1S/C17H17N3O/c1-12-15(9-16(12)13-5-3-2-4-6-13)10-18-17(21)14-7-8-19-20-11-14/h2-8,11,15H,9-10H2,1H3,(H,18,21). The van der Waals surface area contributed by atoms with Gasteiger partial charge in [-0.05, 0) is 30.5 Å². The van der Waals surface area contributed by atoms with Crippen molar-refractivity contribution in [1.82, 2.24) is 15.5 Å². The van der Waals surface area contributed by atoms with E-state index in [9.17, 15) is 4.79 Å². The van der Waals surface area contributed by atoms with Crippen LogP contribution in [0.1, 0.15) is 29.3 Å². The van der Waals surface area contributed by atoms with Crippen LogP contribution in [-0.4, -0.2) is 22.6 Å². The van der Waals surface area contributed by atoms with Crippen molar-refractivity contribution in [3.63, 3.8) is 0 Å². The van der Waals surface area contributed by atoms with E-state index in [1.807, 2.05) is 6.07 Å². The van der Waals surface area contributed by atoms with Crippen LogP contribution in [-0.2, 0) is 0 Å². The zero-order chi connectivity index (χ0) is 14.7. The van der Waals surface area contributed by atoms with Gasteiger partial charge in [0.05, 0.1) is 18.0 Å². The fourth-order valence-corrected chi connectivity index (χ4v) is 2.63. The number of aromatic nitrogens is 2. The van der Waals surface area contributed by atoms with E-state index < -0.39 is 0 Å². The van der Waals surface area contributed by atoms with Gasteiger partial charge in [0.15, 0.2) is 0 Å². The van der Waals surface area contributed by atoms with Crippen LogP contribution < -0.4 is 5.32 Å². The maximum Gasteiger partial charge on any atom is 0.252 e. The Kier molecular flexibility index (Phi) is 3.77. The van der Waals surface area contributed by atoms with Gasteiger partial charge in [-0.1, -0.05) is 35.9 Å². The molecule has 0 aliphatic heterocycles. The normalized spacial score (nSPS) is 17.3. The molecule has 106 valence electrons. The van der Waals surface area contributed by atoms with Gasteiger partial charge in [0, 0.05) is 12.5 Å². The summed E-state index contributed by atoms with van der Waals surface area (Å²) in [5.41, 5.74) is 4.61. The molecule has 2 aromatic rings. The van der Waals surface area contributed by atoms with Crippen molar-refractivity contribution in [2.75, 3.05) is 6.54 Å².